The lowest BCUT2D eigenvalue weighted by atomic mass is 10.3. The van der Waals surface area contributed by atoms with Gasteiger partial charge in [-0.05, 0) is 38.2 Å². The third kappa shape index (κ3) is 5.53. The summed E-state index contributed by atoms with van der Waals surface area (Å²) in [5, 5.41) is 20.0. The van der Waals surface area contributed by atoms with Gasteiger partial charge in [0.2, 0.25) is 0 Å². The third-order valence-electron chi connectivity index (χ3n) is 2.42. The molecule has 0 aliphatic rings. The fourth-order valence-electron chi connectivity index (χ4n) is 1.08. The van der Waals surface area contributed by atoms with Crippen LogP contribution >= 0.6 is 12.2 Å². The molecule has 1 aromatic heterocycles. The van der Waals surface area contributed by atoms with Gasteiger partial charge >= 0.3 is 5.97 Å². The van der Waals surface area contributed by atoms with Gasteiger partial charge in [-0.1, -0.05) is 0 Å². The number of pyridine rings is 1. The standard InChI is InChI=1S/C12H16N6O2S/c1-7(8(2)16-18-12(21)13-3)15-17-10-5-4-9(6-14-10)11(19)20/h4-6H,1-3H3,(H,14,17)(H,19,20)(H2,13,18,21). The van der Waals surface area contributed by atoms with Crippen molar-refractivity contribution in [2.45, 2.75) is 13.8 Å². The highest BCUT2D eigenvalue weighted by atomic mass is 32.1. The molecular formula is C12H16N6O2S. The minimum Gasteiger partial charge on any atom is -0.478 e. The average Bonchev–Trinajstić information content (AvgIpc) is 2.50. The summed E-state index contributed by atoms with van der Waals surface area (Å²) in [5.74, 6) is -0.589. The van der Waals surface area contributed by atoms with E-state index in [9.17, 15) is 4.79 Å². The van der Waals surface area contributed by atoms with Crippen LogP contribution in [0.5, 0.6) is 0 Å². The first-order valence-electron chi connectivity index (χ1n) is 5.96. The van der Waals surface area contributed by atoms with Gasteiger partial charge < -0.3 is 10.4 Å². The monoisotopic (exact) mass is 308 g/mol. The second-order valence-electron chi connectivity index (χ2n) is 3.93. The number of carboxylic acids is 1. The van der Waals surface area contributed by atoms with Crippen molar-refractivity contribution < 1.29 is 9.90 Å². The number of rotatable bonds is 5. The molecule has 0 saturated carbocycles. The van der Waals surface area contributed by atoms with Crippen molar-refractivity contribution in [3.8, 4) is 0 Å². The van der Waals surface area contributed by atoms with Crippen molar-refractivity contribution >= 4 is 40.5 Å². The Labute approximate surface area is 127 Å². The lowest BCUT2D eigenvalue weighted by Gasteiger charge is -2.04. The van der Waals surface area contributed by atoms with Gasteiger partial charge in [0.15, 0.2) is 5.11 Å². The number of hydrogen-bond donors (Lipinski definition) is 4. The Bertz CT molecular complexity index is 582. The van der Waals surface area contributed by atoms with Gasteiger partial charge in [0.05, 0.1) is 17.0 Å². The van der Waals surface area contributed by atoms with Crippen LogP contribution < -0.4 is 16.2 Å². The maximum atomic E-state index is 10.7. The van der Waals surface area contributed by atoms with E-state index in [-0.39, 0.29) is 5.56 Å². The number of carboxylic acid groups (broad SMARTS) is 1. The van der Waals surface area contributed by atoms with Crippen LogP contribution in [-0.4, -0.2) is 39.6 Å². The average molecular weight is 308 g/mol. The van der Waals surface area contributed by atoms with Crippen molar-refractivity contribution in [3.05, 3.63) is 23.9 Å². The van der Waals surface area contributed by atoms with Gasteiger partial charge in [-0.15, -0.1) is 0 Å². The molecule has 1 heterocycles. The van der Waals surface area contributed by atoms with E-state index in [1.807, 2.05) is 0 Å². The number of aromatic nitrogens is 1. The fraction of sp³-hybridized carbons (Fsp3) is 0.250. The highest BCUT2D eigenvalue weighted by Gasteiger charge is 2.03. The summed E-state index contributed by atoms with van der Waals surface area (Å²) >= 11 is 4.89. The molecule has 0 aromatic carbocycles. The van der Waals surface area contributed by atoms with Crippen LogP contribution in [0, 0.1) is 0 Å². The molecule has 0 radical (unpaired) electrons. The molecule has 8 nitrogen and oxygen atoms in total. The Morgan fingerprint density at radius 2 is 1.95 bits per heavy atom. The van der Waals surface area contributed by atoms with Crippen LogP contribution in [0.25, 0.3) is 0 Å². The molecule has 4 N–H and O–H groups in total. The highest BCUT2D eigenvalue weighted by Crippen LogP contribution is 2.05. The quantitative estimate of drug-likeness (QED) is 0.365. The molecule has 0 aliphatic heterocycles. The van der Waals surface area contributed by atoms with Crippen LogP contribution in [-0.2, 0) is 0 Å². The number of hydrazone groups is 2. The lowest BCUT2D eigenvalue weighted by Crippen LogP contribution is -2.30. The lowest BCUT2D eigenvalue weighted by molar-refractivity contribution is 0.0696. The van der Waals surface area contributed by atoms with Gasteiger partial charge in [-0.2, -0.15) is 10.2 Å². The molecule has 0 bridgehead atoms. The molecule has 0 fully saturated rings. The third-order valence-corrected chi connectivity index (χ3v) is 2.72. The molecule has 0 spiro atoms. The van der Waals surface area contributed by atoms with Crippen molar-refractivity contribution in [3.63, 3.8) is 0 Å². The SMILES string of the molecule is CNC(=S)NN=C(C)C(C)=NNc1ccc(C(=O)O)cn1. The Kier molecular flexibility index (Phi) is 6.21. The second-order valence-corrected chi connectivity index (χ2v) is 4.34. The maximum Gasteiger partial charge on any atom is 0.337 e. The summed E-state index contributed by atoms with van der Waals surface area (Å²) in [5.41, 5.74) is 6.76. The summed E-state index contributed by atoms with van der Waals surface area (Å²) in [6, 6.07) is 2.97. The minimum atomic E-state index is -1.02. The minimum absolute atomic E-state index is 0.115. The van der Waals surface area contributed by atoms with Crippen LogP contribution in [0.2, 0.25) is 0 Å². The summed E-state index contributed by atoms with van der Waals surface area (Å²) in [4.78, 5) is 14.6. The molecule has 0 saturated heterocycles. The molecule has 0 aliphatic carbocycles. The molecule has 21 heavy (non-hydrogen) atoms. The Balaban J connectivity index is 2.66. The summed E-state index contributed by atoms with van der Waals surface area (Å²) in [6.45, 7) is 3.54. The number of thiocarbonyl (C=S) groups is 1. The number of nitrogens with zero attached hydrogens (tertiary/aromatic N) is 3. The van der Waals surface area contributed by atoms with Crippen LogP contribution in [0.1, 0.15) is 24.2 Å². The fourth-order valence-corrected chi connectivity index (χ4v) is 1.13. The van der Waals surface area contributed by atoms with Gasteiger partial charge in [-0.25, -0.2) is 9.78 Å². The second kappa shape index (κ2) is 7.90. The Morgan fingerprint density at radius 3 is 2.48 bits per heavy atom. The van der Waals surface area contributed by atoms with E-state index < -0.39 is 5.97 Å². The molecule has 112 valence electrons. The van der Waals surface area contributed by atoms with Crippen molar-refractivity contribution in [2.75, 3.05) is 12.5 Å². The van der Waals surface area contributed by atoms with Crippen molar-refractivity contribution in [1.82, 2.24) is 15.7 Å². The number of nitrogens with one attached hydrogen (secondary N) is 3. The molecule has 1 rings (SSSR count). The normalized spacial score (nSPS) is 11.8. The smallest absolute Gasteiger partial charge is 0.337 e. The zero-order chi connectivity index (χ0) is 15.8. The Morgan fingerprint density at radius 1 is 1.29 bits per heavy atom. The number of hydrogen-bond acceptors (Lipinski definition) is 6. The largest absolute Gasteiger partial charge is 0.478 e. The predicted molar refractivity (Wildman–Crippen MR) is 85.8 cm³/mol. The predicted octanol–water partition coefficient (Wildman–Crippen LogP) is 1.04. The summed E-state index contributed by atoms with van der Waals surface area (Å²) < 4.78 is 0. The molecule has 0 amide bonds. The van der Waals surface area contributed by atoms with E-state index in [0.29, 0.717) is 22.4 Å². The van der Waals surface area contributed by atoms with Crippen LogP contribution in [0.15, 0.2) is 28.5 Å². The van der Waals surface area contributed by atoms with E-state index >= 15 is 0 Å². The topological polar surface area (TPSA) is 111 Å². The van der Waals surface area contributed by atoms with E-state index in [1.165, 1.54) is 18.3 Å². The van der Waals surface area contributed by atoms with Gasteiger partial charge in [-0.3, -0.25) is 10.9 Å². The van der Waals surface area contributed by atoms with Gasteiger partial charge in [0.25, 0.3) is 0 Å². The van der Waals surface area contributed by atoms with Crippen molar-refractivity contribution in [1.29, 1.82) is 0 Å². The van der Waals surface area contributed by atoms with E-state index in [0.717, 1.165) is 0 Å². The van der Waals surface area contributed by atoms with Crippen LogP contribution in [0.3, 0.4) is 0 Å². The summed E-state index contributed by atoms with van der Waals surface area (Å²) in [7, 11) is 1.69. The highest BCUT2D eigenvalue weighted by molar-refractivity contribution is 7.80. The number of carbonyl (C=O) groups is 1. The zero-order valence-corrected chi connectivity index (χ0v) is 12.7. The molecular weight excluding hydrogens is 292 g/mol. The molecule has 0 atom stereocenters. The van der Waals surface area contributed by atoms with Crippen LogP contribution in [0.4, 0.5) is 5.82 Å². The maximum absolute atomic E-state index is 10.7. The Hall–Kier alpha value is -2.55. The molecule has 0 unspecified atom stereocenters. The number of aromatic carboxylic acids is 1. The number of anilines is 1. The zero-order valence-electron chi connectivity index (χ0n) is 11.8. The summed E-state index contributed by atoms with van der Waals surface area (Å²) in [6.07, 6.45) is 1.25. The first kappa shape index (κ1) is 16.5. The van der Waals surface area contributed by atoms with Crippen molar-refractivity contribution in [2.24, 2.45) is 10.2 Å². The van der Waals surface area contributed by atoms with Gasteiger partial charge in [0.1, 0.15) is 5.82 Å². The molecule has 9 heteroatoms. The van der Waals surface area contributed by atoms with Gasteiger partial charge in [0, 0.05) is 13.2 Å². The van der Waals surface area contributed by atoms with E-state index in [1.54, 1.807) is 20.9 Å². The first-order chi connectivity index (χ1) is 9.93. The van der Waals surface area contributed by atoms with E-state index in [2.05, 4.69) is 31.4 Å². The van der Waals surface area contributed by atoms with E-state index in [4.69, 9.17) is 17.3 Å². The molecule has 1 aromatic rings. The first-order valence-corrected chi connectivity index (χ1v) is 6.37.